The van der Waals surface area contributed by atoms with Gasteiger partial charge in [0, 0.05) is 33.3 Å². The first-order valence-corrected chi connectivity index (χ1v) is 8.58. The molecule has 6 nitrogen and oxygen atoms in total. The summed E-state index contributed by atoms with van der Waals surface area (Å²) in [6, 6.07) is 10.8. The first-order chi connectivity index (χ1) is 11.8. The Balaban J connectivity index is 1.56. The van der Waals surface area contributed by atoms with Crippen molar-refractivity contribution in [2.75, 3.05) is 33.3 Å². The van der Waals surface area contributed by atoms with Gasteiger partial charge >= 0.3 is 0 Å². The average Bonchev–Trinajstić information content (AvgIpc) is 2.94. The summed E-state index contributed by atoms with van der Waals surface area (Å²) in [5.74, 6) is 1.29. The summed E-state index contributed by atoms with van der Waals surface area (Å²) in [4.78, 5) is 9.38. The fourth-order valence-electron chi connectivity index (χ4n) is 3.16. The van der Waals surface area contributed by atoms with Crippen LogP contribution in [0.15, 0.2) is 34.9 Å². The maximum Gasteiger partial charge on any atom is 0.243 e. The minimum atomic E-state index is 0.139. The SMILES string of the molecule is COCc1noc([C@@H](C)N2CCCN(Cc3ccccc3)CC2)n1. The summed E-state index contributed by atoms with van der Waals surface area (Å²) in [6.07, 6.45) is 1.15. The minimum Gasteiger partial charge on any atom is -0.377 e. The number of ether oxygens (including phenoxy) is 1. The van der Waals surface area contributed by atoms with Crippen LogP contribution >= 0.6 is 0 Å². The Morgan fingerprint density at radius 2 is 2.00 bits per heavy atom. The van der Waals surface area contributed by atoms with Crippen LogP contribution in [-0.2, 0) is 17.9 Å². The predicted octanol–water partition coefficient (Wildman–Crippen LogP) is 2.48. The lowest BCUT2D eigenvalue weighted by Crippen LogP contribution is -2.32. The highest BCUT2D eigenvalue weighted by Crippen LogP contribution is 2.21. The molecular weight excluding hydrogens is 304 g/mol. The Morgan fingerprint density at radius 1 is 1.17 bits per heavy atom. The van der Waals surface area contributed by atoms with E-state index in [-0.39, 0.29) is 6.04 Å². The van der Waals surface area contributed by atoms with Crippen LogP contribution in [0.3, 0.4) is 0 Å². The maximum absolute atomic E-state index is 5.40. The van der Waals surface area contributed by atoms with E-state index >= 15 is 0 Å². The molecule has 1 aliphatic rings. The smallest absolute Gasteiger partial charge is 0.243 e. The van der Waals surface area contributed by atoms with Gasteiger partial charge in [0.25, 0.3) is 0 Å². The second-order valence-electron chi connectivity index (χ2n) is 6.31. The molecule has 24 heavy (non-hydrogen) atoms. The highest BCUT2D eigenvalue weighted by atomic mass is 16.5. The van der Waals surface area contributed by atoms with Crippen LogP contribution in [0.25, 0.3) is 0 Å². The highest BCUT2D eigenvalue weighted by Gasteiger charge is 2.24. The molecule has 130 valence electrons. The van der Waals surface area contributed by atoms with Gasteiger partial charge in [0.15, 0.2) is 5.82 Å². The second kappa shape index (κ2) is 8.37. The van der Waals surface area contributed by atoms with Gasteiger partial charge in [-0.15, -0.1) is 0 Å². The monoisotopic (exact) mass is 330 g/mol. The van der Waals surface area contributed by atoms with E-state index in [4.69, 9.17) is 9.26 Å². The van der Waals surface area contributed by atoms with Gasteiger partial charge < -0.3 is 9.26 Å². The van der Waals surface area contributed by atoms with Crippen molar-refractivity contribution in [1.29, 1.82) is 0 Å². The molecule has 1 aromatic heterocycles. The summed E-state index contributed by atoms with van der Waals surface area (Å²) in [6.45, 7) is 7.78. The Kier molecular flexibility index (Phi) is 5.96. The molecular formula is C18H26N4O2. The molecule has 0 N–H and O–H groups in total. The summed E-state index contributed by atoms with van der Waals surface area (Å²) in [5.41, 5.74) is 1.38. The third kappa shape index (κ3) is 4.41. The highest BCUT2D eigenvalue weighted by molar-refractivity contribution is 5.14. The van der Waals surface area contributed by atoms with E-state index in [1.54, 1.807) is 7.11 Å². The van der Waals surface area contributed by atoms with Gasteiger partial charge in [0.1, 0.15) is 6.61 Å². The standard InChI is InChI=1S/C18H26N4O2/c1-15(18-19-17(14-23-2)20-24-18)22-10-6-9-21(11-12-22)13-16-7-4-3-5-8-16/h3-5,7-8,15H,6,9-14H2,1-2H3/t15-/m1/s1. The normalized spacial score (nSPS) is 18.4. The van der Waals surface area contributed by atoms with Crippen molar-refractivity contribution in [3.63, 3.8) is 0 Å². The maximum atomic E-state index is 5.40. The number of benzene rings is 1. The van der Waals surface area contributed by atoms with Gasteiger partial charge in [-0.2, -0.15) is 4.98 Å². The van der Waals surface area contributed by atoms with E-state index in [1.165, 1.54) is 5.56 Å². The van der Waals surface area contributed by atoms with Gasteiger partial charge in [-0.1, -0.05) is 35.5 Å². The van der Waals surface area contributed by atoms with Crippen LogP contribution in [0.5, 0.6) is 0 Å². The molecule has 1 aliphatic heterocycles. The first-order valence-electron chi connectivity index (χ1n) is 8.58. The number of aromatic nitrogens is 2. The molecule has 0 saturated carbocycles. The molecule has 1 atom stereocenters. The quantitative estimate of drug-likeness (QED) is 0.811. The van der Waals surface area contributed by atoms with Crippen molar-refractivity contribution >= 4 is 0 Å². The van der Waals surface area contributed by atoms with Crippen LogP contribution in [-0.4, -0.2) is 53.2 Å². The second-order valence-corrected chi connectivity index (χ2v) is 6.31. The fourth-order valence-corrected chi connectivity index (χ4v) is 3.16. The zero-order valence-corrected chi connectivity index (χ0v) is 14.5. The third-order valence-corrected chi connectivity index (χ3v) is 4.53. The molecule has 1 aromatic carbocycles. The van der Waals surface area contributed by atoms with Crippen molar-refractivity contribution < 1.29 is 9.26 Å². The van der Waals surface area contributed by atoms with E-state index < -0.39 is 0 Å². The summed E-state index contributed by atoms with van der Waals surface area (Å²) in [5, 5.41) is 3.97. The molecule has 0 unspecified atom stereocenters. The van der Waals surface area contributed by atoms with E-state index in [0.29, 0.717) is 18.3 Å². The average molecular weight is 330 g/mol. The Hall–Kier alpha value is -1.76. The van der Waals surface area contributed by atoms with Crippen LogP contribution in [0.4, 0.5) is 0 Å². The van der Waals surface area contributed by atoms with Crippen LogP contribution in [0, 0.1) is 0 Å². The predicted molar refractivity (Wildman–Crippen MR) is 91.3 cm³/mol. The van der Waals surface area contributed by atoms with Gasteiger partial charge in [-0.05, 0) is 25.5 Å². The van der Waals surface area contributed by atoms with Crippen LogP contribution < -0.4 is 0 Å². The molecule has 0 amide bonds. The lowest BCUT2D eigenvalue weighted by Gasteiger charge is -2.25. The number of rotatable bonds is 6. The Labute approximate surface area is 143 Å². The topological polar surface area (TPSA) is 54.6 Å². The fraction of sp³-hybridized carbons (Fsp3) is 0.556. The molecule has 0 radical (unpaired) electrons. The largest absolute Gasteiger partial charge is 0.377 e. The van der Waals surface area contributed by atoms with Crippen molar-refractivity contribution in [3.05, 3.63) is 47.6 Å². The molecule has 1 fully saturated rings. The lowest BCUT2D eigenvalue weighted by molar-refractivity contribution is 0.169. The van der Waals surface area contributed by atoms with Gasteiger partial charge in [0.05, 0.1) is 6.04 Å². The third-order valence-electron chi connectivity index (χ3n) is 4.53. The van der Waals surface area contributed by atoms with Gasteiger partial charge in [-0.25, -0.2) is 0 Å². The van der Waals surface area contributed by atoms with E-state index in [1.807, 2.05) is 0 Å². The Morgan fingerprint density at radius 3 is 2.79 bits per heavy atom. The van der Waals surface area contributed by atoms with E-state index in [9.17, 15) is 0 Å². The Bertz CT molecular complexity index is 616. The number of nitrogens with zero attached hydrogens (tertiary/aromatic N) is 4. The molecule has 3 rings (SSSR count). The van der Waals surface area contributed by atoms with Gasteiger partial charge in [-0.3, -0.25) is 9.80 Å². The summed E-state index contributed by atoms with van der Waals surface area (Å²) < 4.78 is 10.5. The van der Waals surface area contributed by atoms with Crippen LogP contribution in [0.2, 0.25) is 0 Å². The van der Waals surface area contributed by atoms with Gasteiger partial charge in [0.2, 0.25) is 5.89 Å². The van der Waals surface area contributed by atoms with E-state index in [0.717, 1.165) is 39.1 Å². The number of hydrogen-bond donors (Lipinski definition) is 0. The molecule has 2 heterocycles. The van der Waals surface area contributed by atoms with Crippen molar-refractivity contribution in [1.82, 2.24) is 19.9 Å². The van der Waals surface area contributed by atoms with Crippen molar-refractivity contribution in [2.24, 2.45) is 0 Å². The molecule has 0 bridgehead atoms. The molecule has 1 saturated heterocycles. The zero-order valence-electron chi connectivity index (χ0n) is 14.5. The molecule has 0 spiro atoms. The zero-order chi connectivity index (χ0) is 16.8. The van der Waals surface area contributed by atoms with Crippen molar-refractivity contribution in [2.45, 2.75) is 32.5 Å². The number of hydrogen-bond acceptors (Lipinski definition) is 6. The number of methoxy groups -OCH3 is 1. The molecule has 6 heteroatoms. The van der Waals surface area contributed by atoms with E-state index in [2.05, 4.69) is 57.2 Å². The van der Waals surface area contributed by atoms with Crippen molar-refractivity contribution in [3.8, 4) is 0 Å². The molecule has 0 aliphatic carbocycles. The molecule has 2 aromatic rings. The summed E-state index contributed by atoms with van der Waals surface area (Å²) in [7, 11) is 1.63. The first kappa shape index (κ1) is 17.1. The van der Waals surface area contributed by atoms with Crippen LogP contribution in [0.1, 0.15) is 36.7 Å². The summed E-state index contributed by atoms with van der Waals surface area (Å²) >= 11 is 0. The minimum absolute atomic E-state index is 0.139. The lowest BCUT2D eigenvalue weighted by atomic mass is 10.2.